The molecule has 1 fully saturated rings. The second-order valence-electron chi connectivity index (χ2n) is 5.07. The summed E-state index contributed by atoms with van der Waals surface area (Å²) in [6.07, 6.45) is 1.61. The van der Waals surface area contributed by atoms with Crippen molar-refractivity contribution >= 4 is 17.5 Å². The van der Waals surface area contributed by atoms with E-state index < -0.39 is 6.10 Å². The molecule has 20 heavy (non-hydrogen) atoms. The van der Waals surface area contributed by atoms with Crippen LogP contribution in [0.5, 0.6) is 5.75 Å². The maximum atomic E-state index is 12.0. The van der Waals surface area contributed by atoms with Crippen molar-refractivity contribution in [2.75, 3.05) is 13.2 Å². The average molecular weight is 298 g/mol. The van der Waals surface area contributed by atoms with Gasteiger partial charge >= 0.3 is 0 Å². The molecule has 4 nitrogen and oxygen atoms in total. The van der Waals surface area contributed by atoms with E-state index in [1.54, 1.807) is 13.0 Å². The number of hydrogen-bond acceptors (Lipinski definition) is 3. The van der Waals surface area contributed by atoms with Gasteiger partial charge < -0.3 is 14.8 Å². The van der Waals surface area contributed by atoms with E-state index in [-0.39, 0.29) is 12.0 Å². The molecule has 110 valence electrons. The molecule has 0 spiro atoms. The van der Waals surface area contributed by atoms with E-state index in [9.17, 15) is 4.79 Å². The topological polar surface area (TPSA) is 47.6 Å². The van der Waals surface area contributed by atoms with Gasteiger partial charge in [0.25, 0.3) is 5.91 Å². The summed E-state index contributed by atoms with van der Waals surface area (Å²) in [6.45, 7) is 4.98. The first-order valence-electron chi connectivity index (χ1n) is 6.88. The quantitative estimate of drug-likeness (QED) is 0.909. The van der Waals surface area contributed by atoms with E-state index in [0.29, 0.717) is 17.3 Å². The first-order chi connectivity index (χ1) is 9.56. The Balaban J connectivity index is 1.85. The van der Waals surface area contributed by atoms with Crippen molar-refractivity contribution in [1.82, 2.24) is 5.32 Å². The molecule has 5 heteroatoms. The van der Waals surface area contributed by atoms with E-state index in [2.05, 4.69) is 5.32 Å². The molecule has 1 heterocycles. The van der Waals surface area contributed by atoms with Gasteiger partial charge in [0, 0.05) is 13.2 Å². The lowest BCUT2D eigenvalue weighted by Gasteiger charge is -2.17. The molecular weight excluding hydrogens is 278 g/mol. The van der Waals surface area contributed by atoms with Crippen molar-refractivity contribution in [3.63, 3.8) is 0 Å². The smallest absolute Gasteiger partial charge is 0.260 e. The summed E-state index contributed by atoms with van der Waals surface area (Å²) in [7, 11) is 0. The Morgan fingerprint density at radius 2 is 2.40 bits per heavy atom. The van der Waals surface area contributed by atoms with Crippen LogP contribution in [-0.2, 0) is 9.53 Å². The van der Waals surface area contributed by atoms with Gasteiger partial charge in [0.05, 0.1) is 11.1 Å². The lowest BCUT2D eigenvalue weighted by molar-refractivity contribution is -0.127. The van der Waals surface area contributed by atoms with Crippen LogP contribution in [0.15, 0.2) is 18.2 Å². The standard InChI is InChI=1S/C15H20ClNO3/c1-10-5-6-13(16)14(8-10)20-11(2)15(18)17-9-12-4-3-7-19-12/h5-6,8,11-12H,3-4,7,9H2,1-2H3,(H,17,18). The molecule has 1 aromatic carbocycles. The number of rotatable bonds is 5. The minimum Gasteiger partial charge on any atom is -0.479 e. The second kappa shape index (κ2) is 6.95. The zero-order valence-electron chi connectivity index (χ0n) is 11.8. The van der Waals surface area contributed by atoms with Crippen molar-refractivity contribution in [2.24, 2.45) is 0 Å². The number of halogens is 1. The molecule has 1 aromatic rings. The molecule has 2 rings (SSSR count). The Bertz CT molecular complexity index is 472. The van der Waals surface area contributed by atoms with Gasteiger partial charge in [-0.3, -0.25) is 4.79 Å². The Morgan fingerprint density at radius 3 is 3.10 bits per heavy atom. The number of benzene rings is 1. The van der Waals surface area contributed by atoms with Gasteiger partial charge in [0.2, 0.25) is 0 Å². The number of aryl methyl sites for hydroxylation is 1. The zero-order valence-corrected chi connectivity index (χ0v) is 12.6. The number of amides is 1. The van der Waals surface area contributed by atoms with Gasteiger partial charge in [-0.25, -0.2) is 0 Å². The van der Waals surface area contributed by atoms with Gasteiger partial charge in [-0.1, -0.05) is 17.7 Å². The Hall–Kier alpha value is -1.26. The SMILES string of the molecule is Cc1ccc(Cl)c(OC(C)C(=O)NCC2CCCO2)c1. The Labute approximate surface area is 124 Å². The van der Waals surface area contributed by atoms with Crippen LogP contribution < -0.4 is 10.1 Å². The Morgan fingerprint density at radius 1 is 1.60 bits per heavy atom. The van der Waals surface area contributed by atoms with Gasteiger partial charge in [0.15, 0.2) is 6.10 Å². The van der Waals surface area contributed by atoms with Crippen LogP contribution in [0.3, 0.4) is 0 Å². The predicted molar refractivity (Wildman–Crippen MR) is 78.3 cm³/mol. The molecular formula is C15H20ClNO3. The zero-order chi connectivity index (χ0) is 14.5. The molecule has 1 N–H and O–H groups in total. The third-order valence-corrected chi connectivity index (χ3v) is 3.60. The molecule has 0 saturated carbocycles. The maximum Gasteiger partial charge on any atom is 0.260 e. The highest BCUT2D eigenvalue weighted by Crippen LogP contribution is 2.26. The summed E-state index contributed by atoms with van der Waals surface area (Å²) < 4.78 is 11.1. The summed E-state index contributed by atoms with van der Waals surface area (Å²) >= 11 is 6.05. The molecule has 0 radical (unpaired) electrons. The van der Waals surface area contributed by atoms with E-state index in [4.69, 9.17) is 21.1 Å². The summed E-state index contributed by atoms with van der Waals surface area (Å²) in [6, 6.07) is 5.49. The van der Waals surface area contributed by atoms with Gasteiger partial charge in [-0.15, -0.1) is 0 Å². The van der Waals surface area contributed by atoms with Crippen LogP contribution in [0, 0.1) is 6.92 Å². The molecule has 2 atom stereocenters. The van der Waals surface area contributed by atoms with Crippen molar-refractivity contribution < 1.29 is 14.3 Å². The van der Waals surface area contributed by atoms with Crippen molar-refractivity contribution in [1.29, 1.82) is 0 Å². The van der Waals surface area contributed by atoms with Crippen LogP contribution in [0.1, 0.15) is 25.3 Å². The third-order valence-electron chi connectivity index (χ3n) is 3.29. The van der Waals surface area contributed by atoms with Crippen LogP contribution in [0.2, 0.25) is 5.02 Å². The molecule has 0 aliphatic carbocycles. The van der Waals surface area contributed by atoms with E-state index in [1.807, 2.05) is 19.1 Å². The van der Waals surface area contributed by atoms with Crippen molar-refractivity contribution in [3.05, 3.63) is 28.8 Å². The van der Waals surface area contributed by atoms with Crippen LogP contribution in [0.4, 0.5) is 0 Å². The number of hydrogen-bond donors (Lipinski definition) is 1. The lowest BCUT2D eigenvalue weighted by Crippen LogP contribution is -2.40. The fourth-order valence-corrected chi connectivity index (χ4v) is 2.27. The first kappa shape index (κ1) is 15.1. The summed E-state index contributed by atoms with van der Waals surface area (Å²) in [5.41, 5.74) is 1.04. The molecule has 2 unspecified atom stereocenters. The molecule has 1 aliphatic heterocycles. The van der Waals surface area contributed by atoms with Crippen LogP contribution in [-0.4, -0.2) is 31.3 Å². The lowest BCUT2D eigenvalue weighted by atomic mass is 10.2. The fraction of sp³-hybridized carbons (Fsp3) is 0.533. The highest BCUT2D eigenvalue weighted by molar-refractivity contribution is 6.32. The van der Waals surface area contributed by atoms with Gasteiger partial charge in [0.1, 0.15) is 5.75 Å². The van der Waals surface area contributed by atoms with E-state index in [1.165, 1.54) is 0 Å². The minimum atomic E-state index is -0.587. The molecule has 1 amide bonds. The molecule has 0 aromatic heterocycles. The molecule has 1 saturated heterocycles. The van der Waals surface area contributed by atoms with E-state index in [0.717, 1.165) is 25.0 Å². The largest absolute Gasteiger partial charge is 0.479 e. The minimum absolute atomic E-state index is 0.133. The Kier molecular flexibility index (Phi) is 5.26. The molecule has 0 bridgehead atoms. The summed E-state index contributed by atoms with van der Waals surface area (Å²) in [5, 5.41) is 3.36. The van der Waals surface area contributed by atoms with Crippen LogP contribution >= 0.6 is 11.6 Å². The average Bonchev–Trinajstić information content (AvgIpc) is 2.93. The number of ether oxygens (including phenoxy) is 2. The monoisotopic (exact) mass is 297 g/mol. The summed E-state index contributed by atoms with van der Waals surface area (Å²) in [5.74, 6) is 0.379. The van der Waals surface area contributed by atoms with Crippen LogP contribution in [0.25, 0.3) is 0 Å². The first-order valence-corrected chi connectivity index (χ1v) is 7.26. The normalized spacial score (nSPS) is 19.6. The second-order valence-corrected chi connectivity index (χ2v) is 5.48. The fourth-order valence-electron chi connectivity index (χ4n) is 2.11. The third kappa shape index (κ3) is 4.12. The van der Waals surface area contributed by atoms with E-state index >= 15 is 0 Å². The van der Waals surface area contributed by atoms with Crippen molar-refractivity contribution in [2.45, 2.75) is 38.9 Å². The summed E-state index contributed by atoms with van der Waals surface area (Å²) in [4.78, 5) is 12.0. The highest BCUT2D eigenvalue weighted by atomic mass is 35.5. The number of carbonyl (C=O) groups excluding carboxylic acids is 1. The van der Waals surface area contributed by atoms with Gasteiger partial charge in [-0.05, 0) is 44.4 Å². The predicted octanol–water partition coefficient (Wildman–Crippen LogP) is 2.71. The number of carbonyl (C=O) groups is 1. The maximum absolute atomic E-state index is 12.0. The van der Waals surface area contributed by atoms with Gasteiger partial charge in [-0.2, -0.15) is 0 Å². The molecule has 1 aliphatic rings. The number of nitrogens with one attached hydrogen (secondary N) is 1. The highest BCUT2D eigenvalue weighted by Gasteiger charge is 2.20. The van der Waals surface area contributed by atoms with Crippen molar-refractivity contribution in [3.8, 4) is 5.75 Å².